The van der Waals surface area contributed by atoms with Gasteiger partial charge < -0.3 is 15.0 Å². The van der Waals surface area contributed by atoms with Crippen molar-refractivity contribution in [2.24, 2.45) is 0 Å². The van der Waals surface area contributed by atoms with Crippen LogP contribution in [0, 0.1) is 0 Å². The van der Waals surface area contributed by atoms with Crippen LogP contribution in [0.3, 0.4) is 0 Å². The number of hydrogen-bond donors (Lipinski definition) is 1. The number of anilines is 1. The van der Waals surface area contributed by atoms with Gasteiger partial charge in [0, 0.05) is 12.2 Å². The predicted octanol–water partition coefficient (Wildman–Crippen LogP) is 2.19. The number of likely N-dealkylation sites (N-methyl/N-ethyl adjacent to an activating group) is 1. The Balaban J connectivity index is 2.45. The Bertz CT molecular complexity index is 377. The van der Waals surface area contributed by atoms with Crippen LogP contribution in [0.4, 0.5) is 5.69 Å². The number of ether oxygens (including phenoxy) is 1. The number of amides is 1. The quantitative estimate of drug-likeness (QED) is 0.806. The van der Waals surface area contributed by atoms with Crippen molar-refractivity contribution in [3.05, 3.63) is 24.3 Å². The first-order chi connectivity index (χ1) is 8.49. The minimum Gasteiger partial charge on any atom is -0.492 e. The van der Waals surface area contributed by atoms with Gasteiger partial charge in [-0.3, -0.25) is 4.79 Å². The Hall–Kier alpha value is -1.26. The summed E-state index contributed by atoms with van der Waals surface area (Å²) in [7, 11) is 3.99. The van der Waals surface area contributed by atoms with Crippen molar-refractivity contribution in [2.45, 2.75) is 12.3 Å². The smallest absolute Gasteiger partial charge is 0.242 e. The Kier molecular flexibility index (Phi) is 5.95. The molecule has 0 heterocycles. The number of hydrogen-bond acceptors (Lipinski definition) is 3. The van der Waals surface area contributed by atoms with Crippen molar-refractivity contribution < 1.29 is 9.53 Å². The molecule has 0 aliphatic carbocycles. The van der Waals surface area contributed by atoms with Crippen molar-refractivity contribution in [3.63, 3.8) is 0 Å². The molecule has 1 rings (SSSR count). The molecule has 1 unspecified atom stereocenters. The summed E-state index contributed by atoms with van der Waals surface area (Å²) < 4.78 is 5.54. The number of carbonyl (C=O) groups is 1. The maximum absolute atomic E-state index is 11.4. The second-order valence-electron chi connectivity index (χ2n) is 4.28. The third-order valence-electron chi connectivity index (χ3n) is 2.29. The molecule has 0 fully saturated rings. The molecule has 0 aliphatic heterocycles. The van der Waals surface area contributed by atoms with E-state index >= 15 is 0 Å². The minimum atomic E-state index is -0.541. The van der Waals surface area contributed by atoms with Crippen LogP contribution < -0.4 is 10.1 Å². The first kappa shape index (κ1) is 14.8. The number of benzene rings is 1. The first-order valence-electron chi connectivity index (χ1n) is 5.81. The van der Waals surface area contributed by atoms with Crippen LogP contribution in [-0.4, -0.2) is 43.4 Å². The molecule has 100 valence electrons. The van der Waals surface area contributed by atoms with E-state index in [4.69, 9.17) is 16.3 Å². The van der Waals surface area contributed by atoms with E-state index in [0.717, 1.165) is 12.3 Å². The van der Waals surface area contributed by atoms with Crippen molar-refractivity contribution in [2.75, 3.05) is 32.6 Å². The third-order valence-corrected chi connectivity index (χ3v) is 2.49. The van der Waals surface area contributed by atoms with Gasteiger partial charge in [-0.1, -0.05) is 0 Å². The second kappa shape index (κ2) is 7.24. The first-order valence-corrected chi connectivity index (χ1v) is 6.25. The fraction of sp³-hybridized carbons (Fsp3) is 0.462. The monoisotopic (exact) mass is 270 g/mol. The number of nitrogens with one attached hydrogen (secondary N) is 1. The summed E-state index contributed by atoms with van der Waals surface area (Å²) in [6.45, 7) is 3.13. The number of halogens is 1. The molecule has 1 amide bonds. The molecular weight excluding hydrogens is 252 g/mol. The normalized spacial score (nSPS) is 12.3. The zero-order valence-corrected chi connectivity index (χ0v) is 11.7. The van der Waals surface area contributed by atoms with Crippen molar-refractivity contribution in [1.29, 1.82) is 0 Å². The van der Waals surface area contributed by atoms with Crippen LogP contribution in [0.1, 0.15) is 6.92 Å². The Morgan fingerprint density at radius 3 is 2.50 bits per heavy atom. The Morgan fingerprint density at radius 2 is 2.00 bits per heavy atom. The highest BCUT2D eigenvalue weighted by molar-refractivity contribution is 6.32. The molecule has 1 aromatic carbocycles. The van der Waals surface area contributed by atoms with E-state index in [1.807, 2.05) is 26.2 Å². The van der Waals surface area contributed by atoms with Gasteiger partial charge in [0.1, 0.15) is 17.7 Å². The summed E-state index contributed by atoms with van der Waals surface area (Å²) in [4.78, 5) is 13.4. The van der Waals surface area contributed by atoms with Gasteiger partial charge in [-0.15, -0.1) is 11.6 Å². The molecule has 1 N–H and O–H groups in total. The van der Waals surface area contributed by atoms with Crippen molar-refractivity contribution in [3.8, 4) is 5.75 Å². The van der Waals surface area contributed by atoms with E-state index in [0.29, 0.717) is 12.3 Å². The maximum Gasteiger partial charge on any atom is 0.242 e. The lowest BCUT2D eigenvalue weighted by atomic mass is 10.3. The van der Waals surface area contributed by atoms with Crippen LogP contribution in [0.25, 0.3) is 0 Å². The lowest BCUT2D eigenvalue weighted by Gasteiger charge is -2.11. The number of carbonyl (C=O) groups excluding carboxylic acids is 1. The van der Waals surface area contributed by atoms with Gasteiger partial charge in [-0.05, 0) is 45.3 Å². The molecule has 0 saturated carbocycles. The van der Waals surface area contributed by atoms with Gasteiger partial charge in [0.25, 0.3) is 0 Å². The highest BCUT2D eigenvalue weighted by Crippen LogP contribution is 2.16. The maximum atomic E-state index is 11.4. The van der Waals surface area contributed by atoms with Gasteiger partial charge in [0.05, 0.1) is 0 Å². The molecule has 18 heavy (non-hydrogen) atoms. The van der Waals surface area contributed by atoms with Crippen LogP contribution in [0.5, 0.6) is 5.75 Å². The number of nitrogens with zero attached hydrogens (tertiary/aromatic N) is 1. The van der Waals surface area contributed by atoms with E-state index in [1.165, 1.54) is 0 Å². The zero-order chi connectivity index (χ0) is 13.5. The number of rotatable bonds is 6. The molecule has 0 bridgehead atoms. The van der Waals surface area contributed by atoms with Crippen LogP contribution in [0.2, 0.25) is 0 Å². The topological polar surface area (TPSA) is 41.6 Å². The Labute approximate surface area is 113 Å². The molecule has 4 nitrogen and oxygen atoms in total. The van der Waals surface area contributed by atoms with E-state index < -0.39 is 5.38 Å². The minimum absolute atomic E-state index is 0.210. The molecule has 5 heteroatoms. The Morgan fingerprint density at radius 1 is 1.39 bits per heavy atom. The molecule has 1 atom stereocenters. The van der Waals surface area contributed by atoms with Gasteiger partial charge in [0.2, 0.25) is 5.91 Å². The molecule has 0 saturated heterocycles. The largest absolute Gasteiger partial charge is 0.492 e. The molecule has 0 aromatic heterocycles. The fourth-order valence-electron chi connectivity index (χ4n) is 1.22. The van der Waals surface area contributed by atoms with Crippen LogP contribution >= 0.6 is 11.6 Å². The molecule has 0 aliphatic rings. The standard InChI is InChI=1S/C13H19ClN2O2/c1-10(14)13(17)15-11-4-6-12(7-5-11)18-9-8-16(2)3/h4-7,10H,8-9H2,1-3H3,(H,15,17). The highest BCUT2D eigenvalue weighted by Gasteiger charge is 2.08. The van der Waals surface area contributed by atoms with Gasteiger partial charge in [-0.25, -0.2) is 0 Å². The molecular formula is C13H19ClN2O2. The fourth-order valence-corrected chi connectivity index (χ4v) is 1.28. The summed E-state index contributed by atoms with van der Waals surface area (Å²) in [6.07, 6.45) is 0. The lowest BCUT2D eigenvalue weighted by Crippen LogP contribution is -2.20. The van der Waals surface area contributed by atoms with E-state index in [1.54, 1.807) is 19.1 Å². The zero-order valence-electron chi connectivity index (χ0n) is 10.9. The van der Waals surface area contributed by atoms with Crippen molar-refractivity contribution >= 4 is 23.2 Å². The van der Waals surface area contributed by atoms with E-state index in [-0.39, 0.29) is 5.91 Å². The van der Waals surface area contributed by atoms with Crippen molar-refractivity contribution in [1.82, 2.24) is 4.90 Å². The summed E-state index contributed by atoms with van der Waals surface area (Å²) in [5.41, 5.74) is 0.715. The average molecular weight is 271 g/mol. The summed E-state index contributed by atoms with van der Waals surface area (Å²) in [6, 6.07) is 7.23. The van der Waals surface area contributed by atoms with Crippen LogP contribution in [0.15, 0.2) is 24.3 Å². The van der Waals surface area contributed by atoms with Gasteiger partial charge in [0.15, 0.2) is 0 Å². The SMILES string of the molecule is CC(Cl)C(=O)Nc1ccc(OCCN(C)C)cc1. The second-order valence-corrected chi connectivity index (χ2v) is 4.94. The summed E-state index contributed by atoms with van der Waals surface area (Å²) in [5, 5.41) is 2.17. The highest BCUT2D eigenvalue weighted by atomic mass is 35.5. The average Bonchev–Trinajstić information content (AvgIpc) is 2.30. The molecule has 0 spiro atoms. The van der Waals surface area contributed by atoms with E-state index in [2.05, 4.69) is 10.2 Å². The summed E-state index contributed by atoms with van der Waals surface area (Å²) >= 11 is 5.67. The lowest BCUT2D eigenvalue weighted by molar-refractivity contribution is -0.115. The summed E-state index contributed by atoms with van der Waals surface area (Å²) in [5.74, 6) is 0.576. The van der Waals surface area contributed by atoms with Crippen LogP contribution in [-0.2, 0) is 4.79 Å². The molecule has 0 radical (unpaired) electrons. The van der Waals surface area contributed by atoms with Gasteiger partial charge >= 0.3 is 0 Å². The number of alkyl halides is 1. The predicted molar refractivity (Wildman–Crippen MR) is 74.4 cm³/mol. The van der Waals surface area contributed by atoms with Gasteiger partial charge in [-0.2, -0.15) is 0 Å². The third kappa shape index (κ3) is 5.38. The molecule has 1 aromatic rings. The van der Waals surface area contributed by atoms with E-state index in [9.17, 15) is 4.79 Å².